The van der Waals surface area contributed by atoms with Crippen LogP contribution in [0.25, 0.3) is 0 Å². The minimum atomic E-state index is -0.547. The highest BCUT2D eigenvalue weighted by Crippen LogP contribution is 2.17. The molecular weight excluding hydrogens is 328 g/mol. The van der Waals surface area contributed by atoms with Gasteiger partial charge in [0.15, 0.2) is 0 Å². The first-order chi connectivity index (χ1) is 12.4. The third-order valence-corrected chi connectivity index (χ3v) is 4.88. The molecular formula is C21H32N2O3. The van der Waals surface area contributed by atoms with Crippen LogP contribution in [0, 0.1) is 12.8 Å². The fourth-order valence-electron chi connectivity index (χ4n) is 3.18. The molecule has 26 heavy (non-hydrogen) atoms. The van der Waals surface area contributed by atoms with Crippen molar-refractivity contribution in [2.24, 2.45) is 5.92 Å². The fourth-order valence-corrected chi connectivity index (χ4v) is 3.18. The van der Waals surface area contributed by atoms with Crippen LogP contribution in [0.2, 0.25) is 0 Å². The molecule has 5 nitrogen and oxygen atoms in total. The van der Waals surface area contributed by atoms with E-state index in [0.717, 1.165) is 37.9 Å². The molecule has 144 valence electrons. The number of ether oxygens (including phenoxy) is 1. The molecule has 2 amide bonds. The van der Waals surface area contributed by atoms with E-state index >= 15 is 0 Å². The molecule has 0 radical (unpaired) electrons. The summed E-state index contributed by atoms with van der Waals surface area (Å²) in [6.45, 7) is 8.72. The van der Waals surface area contributed by atoms with Gasteiger partial charge >= 0.3 is 0 Å². The average Bonchev–Trinajstić information content (AvgIpc) is 3.11. The smallest absolute Gasteiger partial charge is 0.251 e. The van der Waals surface area contributed by atoms with E-state index < -0.39 is 6.04 Å². The average molecular weight is 360 g/mol. The second-order valence-corrected chi connectivity index (χ2v) is 7.68. The highest BCUT2D eigenvalue weighted by atomic mass is 16.5. The van der Waals surface area contributed by atoms with Crippen molar-refractivity contribution in [3.05, 3.63) is 35.4 Å². The highest BCUT2D eigenvalue weighted by molar-refractivity contribution is 5.97. The van der Waals surface area contributed by atoms with Crippen LogP contribution in [-0.4, -0.2) is 36.6 Å². The van der Waals surface area contributed by atoms with Gasteiger partial charge in [-0.05, 0) is 57.6 Å². The van der Waals surface area contributed by atoms with Crippen LogP contribution >= 0.6 is 0 Å². The van der Waals surface area contributed by atoms with Crippen LogP contribution in [0.15, 0.2) is 24.3 Å². The van der Waals surface area contributed by atoms with Crippen molar-refractivity contribution in [1.82, 2.24) is 10.6 Å². The summed E-state index contributed by atoms with van der Waals surface area (Å²) in [5.74, 6) is -0.332. The van der Waals surface area contributed by atoms with E-state index in [1.54, 1.807) is 12.1 Å². The summed E-state index contributed by atoms with van der Waals surface area (Å²) in [5.41, 5.74) is 1.67. The molecule has 2 N–H and O–H groups in total. The second kappa shape index (κ2) is 9.72. The van der Waals surface area contributed by atoms with E-state index in [2.05, 4.69) is 10.6 Å². The second-order valence-electron chi connectivity index (χ2n) is 7.68. The number of hydrogen-bond donors (Lipinski definition) is 2. The zero-order valence-corrected chi connectivity index (χ0v) is 16.4. The van der Waals surface area contributed by atoms with E-state index in [0.29, 0.717) is 11.7 Å². The summed E-state index contributed by atoms with van der Waals surface area (Å²) in [5, 5.41) is 5.92. The van der Waals surface area contributed by atoms with Gasteiger partial charge in [-0.15, -0.1) is 0 Å². The Labute approximate surface area is 156 Å². The summed E-state index contributed by atoms with van der Waals surface area (Å²) in [6.07, 6.45) is 4.42. The molecule has 0 saturated carbocycles. The van der Waals surface area contributed by atoms with Crippen LogP contribution < -0.4 is 10.6 Å². The molecule has 0 aromatic heterocycles. The molecule has 0 unspecified atom stereocenters. The lowest BCUT2D eigenvalue weighted by molar-refractivity contribution is -0.124. The van der Waals surface area contributed by atoms with Crippen molar-refractivity contribution in [3.63, 3.8) is 0 Å². The molecule has 1 saturated heterocycles. The molecule has 1 aliphatic rings. The van der Waals surface area contributed by atoms with E-state index in [1.807, 2.05) is 39.8 Å². The summed E-state index contributed by atoms with van der Waals surface area (Å²) in [7, 11) is 0. The third-order valence-electron chi connectivity index (χ3n) is 4.88. The van der Waals surface area contributed by atoms with Crippen LogP contribution in [0.5, 0.6) is 0 Å². The predicted molar refractivity (Wildman–Crippen MR) is 103 cm³/mol. The predicted octanol–water partition coefficient (Wildman–Crippen LogP) is 3.21. The monoisotopic (exact) mass is 360 g/mol. The Bertz CT molecular complexity index is 592. The van der Waals surface area contributed by atoms with Gasteiger partial charge in [0.1, 0.15) is 6.04 Å². The quantitative estimate of drug-likeness (QED) is 0.748. The summed E-state index contributed by atoms with van der Waals surface area (Å²) in [4.78, 5) is 25.1. The van der Waals surface area contributed by atoms with Crippen molar-refractivity contribution in [2.45, 2.75) is 71.6 Å². The van der Waals surface area contributed by atoms with Gasteiger partial charge in [0.05, 0.1) is 6.10 Å². The van der Waals surface area contributed by atoms with Crippen LogP contribution in [0.4, 0.5) is 0 Å². The van der Waals surface area contributed by atoms with Gasteiger partial charge in [0.25, 0.3) is 5.91 Å². The molecule has 1 aliphatic heterocycles. The Morgan fingerprint density at radius 1 is 1.15 bits per heavy atom. The normalized spacial score (nSPS) is 19.2. The Morgan fingerprint density at radius 2 is 1.85 bits per heavy atom. The minimum absolute atomic E-state index is 0.00904. The first-order valence-corrected chi connectivity index (χ1v) is 9.66. The zero-order valence-electron chi connectivity index (χ0n) is 16.4. The van der Waals surface area contributed by atoms with Gasteiger partial charge in [-0.1, -0.05) is 31.5 Å². The van der Waals surface area contributed by atoms with Gasteiger partial charge in [-0.25, -0.2) is 0 Å². The Kier molecular flexibility index (Phi) is 7.64. The Morgan fingerprint density at radius 3 is 2.42 bits per heavy atom. The summed E-state index contributed by atoms with van der Waals surface area (Å²) in [6, 6.07) is 6.87. The molecule has 2 rings (SSSR count). The zero-order chi connectivity index (χ0) is 19.1. The SMILES string of the molecule is Cc1ccc(C(=O)N[C@H](C(=O)N[C@H](C)CC[C@H]2CCCO2)C(C)C)cc1. The molecule has 1 aromatic rings. The maximum atomic E-state index is 12.7. The number of rotatable bonds is 8. The third kappa shape index (κ3) is 6.13. The lowest BCUT2D eigenvalue weighted by atomic mass is 10.0. The van der Waals surface area contributed by atoms with E-state index in [4.69, 9.17) is 4.74 Å². The van der Waals surface area contributed by atoms with Gasteiger partial charge in [0.2, 0.25) is 5.91 Å². The molecule has 5 heteroatoms. The van der Waals surface area contributed by atoms with Crippen molar-refractivity contribution >= 4 is 11.8 Å². The van der Waals surface area contributed by atoms with Crippen molar-refractivity contribution in [1.29, 1.82) is 0 Å². The first-order valence-electron chi connectivity index (χ1n) is 9.66. The maximum absolute atomic E-state index is 12.7. The largest absolute Gasteiger partial charge is 0.378 e. The van der Waals surface area contributed by atoms with Crippen LogP contribution in [0.3, 0.4) is 0 Å². The number of carbonyl (C=O) groups is 2. The lowest BCUT2D eigenvalue weighted by Crippen LogP contribution is -2.51. The number of benzene rings is 1. The van der Waals surface area contributed by atoms with E-state index in [-0.39, 0.29) is 23.8 Å². The molecule has 1 heterocycles. The summed E-state index contributed by atoms with van der Waals surface area (Å²) >= 11 is 0. The fraction of sp³-hybridized carbons (Fsp3) is 0.619. The summed E-state index contributed by atoms with van der Waals surface area (Å²) < 4.78 is 5.63. The standard InChI is InChI=1S/C21H32N2O3/c1-14(2)19(23-20(24)17-10-7-15(3)8-11-17)21(25)22-16(4)9-12-18-6-5-13-26-18/h7-8,10-11,14,16,18-19H,5-6,9,12-13H2,1-4H3,(H,22,25)(H,23,24)/t16-,18-,19+/m1/s1. The topological polar surface area (TPSA) is 67.4 Å². The van der Waals surface area contributed by atoms with Crippen LogP contribution in [0.1, 0.15) is 62.4 Å². The lowest BCUT2D eigenvalue weighted by Gasteiger charge is -2.24. The molecule has 0 bridgehead atoms. The number of hydrogen-bond acceptors (Lipinski definition) is 3. The number of nitrogens with one attached hydrogen (secondary N) is 2. The van der Waals surface area contributed by atoms with Gasteiger partial charge in [-0.2, -0.15) is 0 Å². The van der Waals surface area contributed by atoms with Gasteiger partial charge in [0, 0.05) is 18.2 Å². The van der Waals surface area contributed by atoms with Crippen molar-refractivity contribution < 1.29 is 14.3 Å². The Hall–Kier alpha value is -1.88. The minimum Gasteiger partial charge on any atom is -0.378 e. The maximum Gasteiger partial charge on any atom is 0.251 e. The van der Waals surface area contributed by atoms with E-state index in [1.165, 1.54) is 0 Å². The molecule has 1 fully saturated rings. The van der Waals surface area contributed by atoms with Crippen molar-refractivity contribution in [2.75, 3.05) is 6.61 Å². The molecule has 0 spiro atoms. The molecule has 3 atom stereocenters. The van der Waals surface area contributed by atoms with Gasteiger partial charge in [-0.3, -0.25) is 9.59 Å². The van der Waals surface area contributed by atoms with Crippen molar-refractivity contribution in [3.8, 4) is 0 Å². The van der Waals surface area contributed by atoms with Gasteiger partial charge < -0.3 is 15.4 Å². The molecule has 1 aromatic carbocycles. The number of amides is 2. The number of carbonyl (C=O) groups excluding carboxylic acids is 2. The molecule has 0 aliphatic carbocycles. The van der Waals surface area contributed by atoms with E-state index in [9.17, 15) is 9.59 Å². The Balaban J connectivity index is 1.87. The number of aryl methyl sites for hydroxylation is 1. The highest BCUT2D eigenvalue weighted by Gasteiger charge is 2.26. The first kappa shape index (κ1) is 20.4. The van der Waals surface area contributed by atoms with Crippen LogP contribution in [-0.2, 0) is 9.53 Å².